The van der Waals surface area contributed by atoms with Gasteiger partial charge in [0.15, 0.2) is 0 Å². The lowest BCUT2D eigenvalue weighted by Crippen LogP contribution is -2.04. The van der Waals surface area contributed by atoms with Gasteiger partial charge in [0, 0.05) is 11.1 Å². The lowest BCUT2D eigenvalue weighted by Gasteiger charge is -2.02. The maximum Gasteiger partial charge on any atom is 0.114 e. The molecule has 0 aliphatic carbocycles. The number of nitrogens with zero attached hydrogens (tertiary/aromatic N) is 3. The van der Waals surface area contributed by atoms with Gasteiger partial charge >= 0.3 is 0 Å². The van der Waals surface area contributed by atoms with E-state index < -0.39 is 0 Å². The smallest absolute Gasteiger partial charge is 0.114 e. The maximum atomic E-state index is 5.75. The van der Waals surface area contributed by atoms with Crippen LogP contribution in [0.4, 0.5) is 0 Å². The van der Waals surface area contributed by atoms with E-state index in [9.17, 15) is 0 Å². The lowest BCUT2D eigenvalue weighted by atomic mass is 10.1. The van der Waals surface area contributed by atoms with E-state index in [0.29, 0.717) is 5.88 Å². The summed E-state index contributed by atoms with van der Waals surface area (Å²) in [6.07, 6.45) is 1.03. The van der Waals surface area contributed by atoms with E-state index in [2.05, 4.69) is 30.9 Å². The molecule has 2 aromatic rings. The molecule has 0 unspecified atom stereocenters. The zero-order valence-electron chi connectivity index (χ0n) is 10.3. The van der Waals surface area contributed by atoms with Gasteiger partial charge in [-0.1, -0.05) is 6.92 Å². The average Bonchev–Trinajstić information content (AvgIpc) is 2.86. The molecule has 0 atom stereocenters. The van der Waals surface area contributed by atoms with Crippen molar-refractivity contribution >= 4 is 22.9 Å². The standard InChI is InChI=1S/C12H16ClN3S/c1-4-11-8(2)15-16(9(11)3)6-12-14-10(5-13)7-17-12/h7H,4-6H2,1-3H3. The van der Waals surface area contributed by atoms with Gasteiger partial charge in [-0.05, 0) is 25.8 Å². The van der Waals surface area contributed by atoms with Crippen molar-refractivity contribution in [2.24, 2.45) is 0 Å². The van der Waals surface area contributed by atoms with Crippen molar-refractivity contribution in [1.82, 2.24) is 14.8 Å². The third-order valence-electron chi connectivity index (χ3n) is 2.91. The van der Waals surface area contributed by atoms with E-state index in [0.717, 1.165) is 29.4 Å². The summed E-state index contributed by atoms with van der Waals surface area (Å²) in [7, 11) is 0. The highest BCUT2D eigenvalue weighted by Crippen LogP contribution is 2.17. The first-order chi connectivity index (χ1) is 8.15. The minimum absolute atomic E-state index is 0.480. The van der Waals surface area contributed by atoms with Gasteiger partial charge < -0.3 is 0 Å². The number of hydrogen-bond acceptors (Lipinski definition) is 3. The van der Waals surface area contributed by atoms with E-state index in [1.54, 1.807) is 11.3 Å². The largest absolute Gasteiger partial charge is 0.262 e. The molecular weight excluding hydrogens is 254 g/mol. The Morgan fingerprint density at radius 3 is 2.71 bits per heavy atom. The maximum absolute atomic E-state index is 5.75. The Balaban J connectivity index is 2.24. The van der Waals surface area contributed by atoms with Crippen LogP contribution in [0.3, 0.4) is 0 Å². The van der Waals surface area contributed by atoms with Crippen molar-refractivity contribution < 1.29 is 0 Å². The Hall–Kier alpha value is -0.870. The predicted octanol–water partition coefficient (Wildman–Crippen LogP) is 3.31. The van der Waals surface area contributed by atoms with E-state index >= 15 is 0 Å². The van der Waals surface area contributed by atoms with E-state index in [4.69, 9.17) is 11.6 Å². The van der Waals surface area contributed by atoms with E-state index in [-0.39, 0.29) is 0 Å². The summed E-state index contributed by atoms with van der Waals surface area (Å²) in [5, 5.41) is 7.63. The van der Waals surface area contributed by atoms with Crippen molar-refractivity contribution in [3.8, 4) is 0 Å². The third kappa shape index (κ3) is 2.53. The molecule has 0 aromatic carbocycles. The molecule has 0 bridgehead atoms. The molecule has 2 aromatic heterocycles. The predicted molar refractivity (Wildman–Crippen MR) is 71.9 cm³/mol. The molecule has 0 saturated carbocycles. The van der Waals surface area contributed by atoms with Gasteiger partial charge in [0.05, 0.1) is 23.8 Å². The van der Waals surface area contributed by atoms with Gasteiger partial charge in [0.1, 0.15) is 5.01 Å². The van der Waals surface area contributed by atoms with Gasteiger partial charge in [0.2, 0.25) is 0 Å². The number of aromatic nitrogens is 3. The molecule has 5 heteroatoms. The van der Waals surface area contributed by atoms with Gasteiger partial charge in [-0.2, -0.15) is 5.10 Å². The summed E-state index contributed by atoms with van der Waals surface area (Å²) in [5.41, 5.74) is 4.66. The van der Waals surface area contributed by atoms with Crippen molar-refractivity contribution in [2.45, 2.75) is 39.6 Å². The molecular formula is C12H16ClN3S. The molecule has 0 amide bonds. The zero-order chi connectivity index (χ0) is 12.4. The number of rotatable bonds is 4. The second kappa shape index (κ2) is 5.19. The summed E-state index contributed by atoms with van der Waals surface area (Å²) in [6.45, 7) is 7.09. The molecule has 92 valence electrons. The van der Waals surface area contributed by atoms with Crippen molar-refractivity contribution in [3.05, 3.63) is 33.0 Å². The Bertz CT molecular complexity index is 516. The topological polar surface area (TPSA) is 30.7 Å². The van der Waals surface area contributed by atoms with Crippen LogP contribution >= 0.6 is 22.9 Å². The van der Waals surface area contributed by atoms with Gasteiger partial charge in [-0.3, -0.25) is 4.68 Å². The lowest BCUT2D eigenvalue weighted by molar-refractivity contribution is 0.654. The summed E-state index contributed by atoms with van der Waals surface area (Å²) < 4.78 is 2.03. The Kier molecular flexibility index (Phi) is 3.84. The van der Waals surface area contributed by atoms with E-state index in [1.807, 2.05) is 10.1 Å². The number of thiazole rings is 1. The number of alkyl halides is 1. The molecule has 0 fully saturated rings. The monoisotopic (exact) mass is 269 g/mol. The van der Waals surface area contributed by atoms with Crippen LogP contribution in [0.15, 0.2) is 5.38 Å². The third-order valence-corrected chi connectivity index (χ3v) is 4.06. The average molecular weight is 270 g/mol. The van der Waals surface area contributed by atoms with Crippen LogP contribution in [0.5, 0.6) is 0 Å². The van der Waals surface area contributed by atoms with Crippen LogP contribution in [0.25, 0.3) is 0 Å². The van der Waals surface area contributed by atoms with Crippen LogP contribution in [0.2, 0.25) is 0 Å². The van der Waals surface area contributed by atoms with Crippen LogP contribution in [0.1, 0.15) is 34.6 Å². The van der Waals surface area contributed by atoms with Crippen LogP contribution in [0, 0.1) is 13.8 Å². The first-order valence-electron chi connectivity index (χ1n) is 5.67. The summed E-state index contributed by atoms with van der Waals surface area (Å²) in [5.74, 6) is 0.480. The summed E-state index contributed by atoms with van der Waals surface area (Å²) in [4.78, 5) is 4.46. The van der Waals surface area contributed by atoms with Gasteiger partial charge in [-0.25, -0.2) is 4.98 Å². The minimum atomic E-state index is 0.480. The molecule has 0 saturated heterocycles. The number of hydrogen-bond donors (Lipinski definition) is 0. The molecule has 0 aliphatic rings. The van der Waals surface area contributed by atoms with Crippen molar-refractivity contribution in [2.75, 3.05) is 0 Å². The molecule has 3 nitrogen and oxygen atoms in total. The van der Waals surface area contributed by atoms with E-state index in [1.165, 1.54) is 11.3 Å². The normalized spacial score (nSPS) is 11.1. The van der Waals surface area contributed by atoms with Crippen LogP contribution in [-0.4, -0.2) is 14.8 Å². The molecule has 0 radical (unpaired) electrons. The van der Waals surface area contributed by atoms with Gasteiger partial charge in [-0.15, -0.1) is 22.9 Å². The Morgan fingerprint density at radius 1 is 1.41 bits per heavy atom. The van der Waals surface area contributed by atoms with Crippen LogP contribution < -0.4 is 0 Å². The fourth-order valence-corrected chi connectivity index (χ4v) is 3.01. The highest BCUT2D eigenvalue weighted by molar-refractivity contribution is 7.09. The number of aryl methyl sites for hydroxylation is 1. The number of halogens is 1. The molecule has 2 rings (SSSR count). The second-order valence-corrected chi connectivity index (χ2v) is 5.24. The fraction of sp³-hybridized carbons (Fsp3) is 0.500. The van der Waals surface area contributed by atoms with Crippen molar-refractivity contribution in [3.63, 3.8) is 0 Å². The molecule has 0 N–H and O–H groups in total. The Labute approximate surface area is 110 Å². The summed E-state index contributed by atoms with van der Waals surface area (Å²) in [6, 6.07) is 0. The zero-order valence-corrected chi connectivity index (χ0v) is 11.9. The molecule has 2 heterocycles. The van der Waals surface area contributed by atoms with Gasteiger partial charge in [0.25, 0.3) is 0 Å². The molecule has 0 aliphatic heterocycles. The SMILES string of the molecule is CCc1c(C)nn(Cc2nc(CCl)cs2)c1C. The first-order valence-corrected chi connectivity index (χ1v) is 7.09. The molecule has 17 heavy (non-hydrogen) atoms. The van der Waals surface area contributed by atoms with Crippen LogP contribution in [-0.2, 0) is 18.8 Å². The quantitative estimate of drug-likeness (QED) is 0.798. The fourth-order valence-electron chi connectivity index (χ4n) is 2.01. The highest BCUT2D eigenvalue weighted by atomic mass is 35.5. The Morgan fingerprint density at radius 2 is 2.18 bits per heavy atom. The highest BCUT2D eigenvalue weighted by Gasteiger charge is 2.11. The molecule has 0 spiro atoms. The van der Waals surface area contributed by atoms with Crippen molar-refractivity contribution in [1.29, 1.82) is 0 Å². The minimum Gasteiger partial charge on any atom is -0.262 e. The first kappa shape index (κ1) is 12.6. The second-order valence-electron chi connectivity index (χ2n) is 4.03. The summed E-state index contributed by atoms with van der Waals surface area (Å²) >= 11 is 7.39.